The highest BCUT2D eigenvalue weighted by atomic mass is 16.4. The molecule has 1 aromatic heterocycles. The summed E-state index contributed by atoms with van der Waals surface area (Å²) in [6.07, 6.45) is 8.40. The van der Waals surface area contributed by atoms with Crippen LogP contribution in [0.25, 0.3) is 21.9 Å². The molecule has 0 fully saturated rings. The first-order valence-corrected chi connectivity index (χ1v) is 11.0. The second-order valence-corrected chi connectivity index (χ2v) is 7.87. The molecule has 0 radical (unpaired) electrons. The molecule has 0 bridgehead atoms. The molecule has 1 amide bonds. The van der Waals surface area contributed by atoms with E-state index in [0.717, 1.165) is 51.4 Å². The van der Waals surface area contributed by atoms with Crippen molar-refractivity contribution in [2.45, 2.75) is 57.8 Å². The summed E-state index contributed by atoms with van der Waals surface area (Å²) >= 11 is 0. The maximum atomic E-state index is 12.7. The number of aliphatic carboxylic acids is 1. The van der Waals surface area contributed by atoms with Crippen LogP contribution >= 0.6 is 0 Å². The summed E-state index contributed by atoms with van der Waals surface area (Å²) in [5, 5.41) is 12.4. The van der Waals surface area contributed by atoms with E-state index in [1.807, 2.05) is 6.07 Å². The lowest BCUT2D eigenvalue weighted by molar-refractivity contribution is -0.137. The molecule has 31 heavy (non-hydrogen) atoms. The fraction of sp³-hybridized carbons (Fsp3) is 0.400. The van der Waals surface area contributed by atoms with Gasteiger partial charge in [0.05, 0.1) is 10.8 Å². The molecule has 0 spiro atoms. The largest absolute Gasteiger partial charge is 0.481 e. The van der Waals surface area contributed by atoms with Crippen molar-refractivity contribution >= 4 is 33.8 Å². The average Bonchev–Trinajstić information content (AvgIpc) is 2.77. The van der Waals surface area contributed by atoms with E-state index in [4.69, 9.17) is 9.52 Å². The van der Waals surface area contributed by atoms with E-state index in [0.29, 0.717) is 34.0 Å². The first-order valence-electron chi connectivity index (χ1n) is 11.0. The van der Waals surface area contributed by atoms with Crippen molar-refractivity contribution in [1.82, 2.24) is 5.32 Å². The van der Waals surface area contributed by atoms with Crippen LogP contribution in [0.1, 0.15) is 68.1 Å². The van der Waals surface area contributed by atoms with Crippen LogP contribution in [0.15, 0.2) is 51.7 Å². The Kier molecular flexibility index (Phi) is 8.21. The first kappa shape index (κ1) is 22.5. The molecule has 0 atom stereocenters. The van der Waals surface area contributed by atoms with Crippen molar-refractivity contribution in [1.29, 1.82) is 0 Å². The fourth-order valence-electron chi connectivity index (χ4n) is 3.71. The van der Waals surface area contributed by atoms with Gasteiger partial charge in [-0.25, -0.2) is 0 Å². The number of carbonyl (C=O) groups excluding carboxylic acids is 1. The van der Waals surface area contributed by atoms with Crippen LogP contribution in [0.5, 0.6) is 0 Å². The van der Waals surface area contributed by atoms with Gasteiger partial charge in [-0.15, -0.1) is 0 Å². The zero-order valence-corrected chi connectivity index (χ0v) is 17.7. The minimum absolute atomic E-state index is 0.130. The van der Waals surface area contributed by atoms with Gasteiger partial charge in [-0.1, -0.05) is 50.7 Å². The second-order valence-electron chi connectivity index (χ2n) is 7.87. The number of nitrogens with one attached hydrogen (secondary N) is 1. The lowest BCUT2D eigenvalue weighted by Gasteiger charge is -2.07. The van der Waals surface area contributed by atoms with Gasteiger partial charge in [-0.05, 0) is 43.2 Å². The number of para-hydroxylation sites is 1. The van der Waals surface area contributed by atoms with Gasteiger partial charge in [-0.3, -0.25) is 14.4 Å². The third kappa shape index (κ3) is 6.41. The van der Waals surface area contributed by atoms with E-state index >= 15 is 0 Å². The lowest BCUT2D eigenvalue weighted by atomic mass is 10.1. The molecule has 164 valence electrons. The zero-order valence-electron chi connectivity index (χ0n) is 17.7. The van der Waals surface area contributed by atoms with E-state index in [-0.39, 0.29) is 17.8 Å². The van der Waals surface area contributed by atoms with E-state index < -0.39 is 5.97 Å². The average molecular weight is 424 g/mol. The van der Waals surface area contributed by atoms with Crippen molar-refractivity contribution in [3.05, 3.63) is 58.3 Å². The number of rotatable bonds is 12. The predicted molar refractivity (Wildman–Crippen MR) is 122 cm³/mol. The fourth-order valence-corrected chi connectivity index (χ4v) is 3.71. The van der Waals surface area contributed by atoms with Crippen molar-refractivity contribution in [2.75, 3.05) is 6.54 Å². The Hall–Kier alpha value is -3.15. The molecule has 6 heteroatoms. The molecule has 2 aromatic carbocycles. The van der Waals surface area contributed by atoms with Crippen LogP contribution in [0, 0.1) is 0 Å². The van der Waals surface area contributed by atoms with Crippen molar-refractivity contribution in [3.63, 3.8) is 0 Å². The van der Waals surface area contributed by atoms with E-state index in [1.54, 1.807) is 36.4 Å². The third-order valence-corrected chi connectivity index (χ3v) is 5.44. The summed E-state index contributed by atoms with van der Waals surface area (Å²) in [6, 6.07) is 12.1. The van der Waals surface area contributed by atoms with Gasteiger partial charge >= 0.3 is 5.97 Å². The van der Waals surface area contributed by atoms with Gasteiger partial charge in [0, 0.05) is 18.5 Å². The summed E-state index contributed by atoms with van der Waals surface area (Å²) in [5.41, 5.74) is 1.34. The summed E-state index contributed by atoms with van der Waals surface area (Å²) in [7, 11) is 0. The number of hydrogen-bond donors (Lipinski definition) is 2. The Morgan fingerprint density at radius 1 is 0.806 bits per heavy atom. The number of unbranched alkanes of at least 4 members (excludes halogenated alkanes) is 7. The highest BCUT2D eigenvalue weighted by Gasteiger charge is 2.11. The Labute approximate surface area is 181 Å². The van der Waals surface area contributed by atoms with Gasteiger partial charge in [-0.2, -0.15) is 0 Å². The number of hydrogen-bond acceptors (Lipinski definition) is 4. The van der Waals surface area contributed by atoms with Crippen molar-refractivity contribution in [2.24, 2.45) is 0 Å². The highest BCUT2D eigenvalue weighted by molar-refractivity contribution is 5.99. The molecule has 0 aliphatic heterocycles. The smallest absolute Gasteiger partial charge is 0.303 e. The molecule has 3 aromatic rings. The number of carbonyl (C=O) groups is 2. The van der Waals surface area contributed by atoms with Crippen LogP contribution in [0.4, 0.5) is 0 Å². The predicted octanol–water partition coefficient (Wildman–Crippen LogP) is 5.27. The summed E-state index contributed by atoms with van der Waals surface area (Å²) < 4.78 is 5.78. The zero-order chi connectivity index (χ0) is 22.1. The van der Waals surface area contributed by atoms with Crippen molar-refractivity contribution < 1.29 is 19.1 Å². The van der Waals surface area contributed by atoms with Crippen LogP contribution in [-0.2, 0) is 4.79 Å². The lowest BCUT2D eigenvalue weighted by Crippen LogP contribution is -2.24. The van der Waals surface area contributed by atoms with E-state index in [2.05, 4.69) is 5.32 Å². The highest BCUT2D eigenvalue weighted by Crippen LogP contribution is 2.19. The van der Waals surface area contributed by atoms with Crippen molar-refractivity contribution in [3.8, 4) is 0 Å². The molecule has 2 N–H and O–H groups in total. The van der Waals surface area contributed by atoms with Gasteiger partial charge in [0.15, 0.2) is 0 Å². The number of amides is 1. The van der Waals surface area contributed by atoms with E-state index in [1.165, 1.54) is 0 Å². The number of fused-ring (bicyclic) bond motifs is 2. The molecular weight excluding hydrogens is 394 g/mol. The quantitative estimate of drug-likeness (QED) is 0.305. The molecule has 0 saturated heterocycles. The molecule has 0 aliphatic carbocycles. The molecule has 0 aliphatic rings. The molecule has 6 nitrogen and oxygen atoms in total. The summed E-state index contributed by atoms with van der Waals surface area (Å²) in [6.45, 7) is 0.599. The molecular formula is C25H29NO5. The Balaban J connectivity index is 1.41. The molecule has 3 rings (SSSR count). The second kappa shape index (κ2) is 11.3. The SMILES string of the molecule is O=C(O)CCCCCCCCCCNC(=O)c1ccc2oc3ccccc3c(=O)c2c1. The number of carboxylic acid groups (broad SMARTS) is 1. The molecule has 1 heterocycles. The number of benzene rings is 2. The van der Waals surface area contributed by atoms with Crippen LogP contribution < -0.4 is 10.7 Å². The maximum Gasteiger partial charge on any atom is 0.303 e. The Morgan fingerprint density at radius 3 is 2.19 bits per heavy atom. The number of carboxylic acids is 1. The topological polar surface area (TPSA) is 96.6 Å². The maximum absolute atomic E-state index is 12.7. The minimum Gasteiger partial charge on any atom is -0.481 e. The van der Waals surface area contributed by atoms with Crippen LogP contribution in [-0.4, -0.2) is 23.5 Å². The van der Waals surface area contributed by atoms with Gasteiger partial charge in [0.25, 0.3) is 5.91 Å². The van der Waals surface area contributed by atoms with Gasteiger partial charge in [0.2, 0.25) is 5.43 Å². The molecule has 0 unspecified atom stereocenters. The standard InChI is InChI=1S/C25H29NO5/c27-23(28)13-7-5-3-1-2-4-6-10-16-26-25(30)18-14-15-22-20(17-18)24(29)19-11-8-9-12-21(19)31-22/h8-9,11-12,14-15,17H,1-7,10,13,16H2,(H,26,30)(H,27,28). The van der Waals surface area contributed by atoms with Gasteiger partial charge < -0.3 is 14.8 Å². The normalized spacial score (nSPS) is 11.1. The first-order chi connectivity index (χ1) is 15.1. The summed E-state index contributed by atoms with van der Waals surface area (Å²) in [4.78, 5) is 35.6. The van der Waals surface area contributed by atoms with E-state index in [9.17, 15) is 14.4 Å². The van der Waals surface area contributed by atoms with Gasteiger partial charge in [0.1, 0.15) is 11.2 Å². The summed E-state index contributed by atoms with van der Waals surface area (Å²) in [5.74, 6) is -0.907. The third-order valence-electron chi connectivity index (χ3n) is 5.44. The molecule has 0 saturated carbocycles. The Bertz CT molecular complexity index is 1100. The Morgan fingerprint density at radius 2 is 1.45 bits per heavy atom. The van der Waals surface area contributed by atoms with Crippen LogP contribution in [0.3, 0.4) is 0 Å². The minimum atomic E-state index is -0.720. The van der Waals surface area contributed by atoms with Crippen LogP contribution in [0.2, 0.25) is 0 Å². The monoisotopic (exact) mass is 423 g/mol.